The Balaban J connectivity index is 1.72. The summed E-state index contributed by atoms with van der Waals surface area (Å²) >= 11 is 0.776. The highest BCUT2D eigenvalue weighted by Crippen LogP contribution is 2.24. The second kappa shape index (κ2) is 8.12. The highest BCUT2D eigenvalue weighted by molar-refractivity contribution is 7.91. The molecule has 1 aromatic carbocycles. The van der Waals surface area contributed by atoms with Gasteiger partial charge in [-0.1, -0.05) is 60.7 Å². The topological polar surface area (TPSA) is 131 Å². The number of amides is 1. The summed E-state index contributed by atoms with van der Waals surface area (Å²) in [6.45, 7) is 3.31. The third kappa shape index (κ3) is 4.40. The summed E-state index contributed by atoms with van der Waals surface area (Å²) in [6.07, 6.45) is 0. The zero-order chi connectivity index (χ0) is 20.3. The quantitative estimate of drug-likeness (QED) is 0.572. The first kappa shape index (κ1) is 20.0. The summed E-state index contributed by atoms with van der Waals surface area (Å²) in [5.41, 5.74) is 0.762. The third-order valence-corrected chi connectivity index (χ3v) is 6.64. The Morgan fingerprint density at radius 2 is 1.96 bits per heavy atom. The van der Waals surface area contributed by atoms with E-state index in [4.69, 9.17) is 4.52 Å². The van der Waals surface area contributed by atoms with Crippen molar-refractivity contribution in [2.24, 2.45) is 5.92 Å². The fourth-order valence-electron chi connectivity index (χ4n) is 2.05. The largest absolute Gasteiger partial charge is 0.338 e. The number of hydrogen-bond acceptors (Lipinski definition) is 9. The lowest BCUT2D eigenvalue weighted by molar-refractivity contribution is -0.118. The summed E-state index contributed by atoms with van der Waals surface area (Å²) in [6, 6.07) is 9.19. The molecular weight excluding hydrogens is 404 g/mol. The molecule has 0 aliphatic heterocycles. The molecule has 3 rings (SSSR count). The maximum Gasteiger partial charge on any atom is 0.272 e. The van der Waals surface area contributed by atoms with Crippen LogP contribution in [-0.4, -0.2) is 46.0 Å². The van der Waals surface area contributed by atoms with E-state index >= 15 is 0 Å². The molecule has 0 unspecified atom stereocenters. The maximum absolute atomic E-state index is 12.7. The van der Waals surface area contributed by atoms with Crippen LogP contribution in [0.1, 0.15) is 19.7 Å². The molecule has 3 aromatic rings. The van der Waals surface area contributed by atoms with Crippen molar-refractivity contribution < 1.29 is 17.7 Å². The van der Waals surface area contributed by atoms with Crippen LogP contribution in [0.5, 0.6) is 0 Å². The van der Waals surface area contributed by atoms with Gasteiger partial charge in [0.15, 0.2) is 0 Å². The fraction of sp³-hybridized carbons (Fsp3) is 0.312. The Morgan fingerprint density at radius 3 is 2.64 bits per heavy atom. The Kier molecular flexibility index (Phi) is 5.82. The summed E-state index contributed by atoms with van der Waals surface area (Å²) in [7, 11) is -2.56. The monoisotopic (exact) mass is 422 g/mol. The summed E-state index contributed by atoms with van der Waals surface area (Å²) in [4.78, 5) is 15.9. The van der Waals surface area contributed by atoms with Crippen molar-refractivity contribution in [3.05, 3.63) is 36.2 Å². The molecule has 148 valence electrons. The van der Waals surface area contributed by atoms with Crippen LogP contribution in [0.2, 0.25) is 0 Å². The zero-order valence-corrected chi connectivity index (χ0v) is 17.0. The van der Waals surface area contributed by atoms with Gasteiger partial charge in [0, 0.05) is 18.5 Å². The van der Waals surface area contributed by atoms with Gasteiger partial charge in [-0.2, -0.15) is 9.29 Å². The standard InChI is InChI=1S/C16H18N6O4S2/c1-10(2)14(23)18-15-19-20-16(27-15)28(24,25)22(3)9-12-17-13(21-26-12)11-7-5-4-6-8-11/h4-8,10H,9H2,1-3H3,(H,18,19,23). The van der Waals surface area contributed by atoms with Gasteiger partial charge in [0.2, 0.25) is 27.1 Å². The molecule has 0 aliphatic rings. The molecule has 2 heterocycles. The molecule has 0 fully saturated rings. The minimum absolute atomic E-state index is 0.120. The first-order valence-electron chi connectivity index (χ1n) is 8.26. The van der Waals surface area contributed by atoms with Crippen molar-refractivity contribution in [2.45, 2.75) is 24.7 Å². The van der Waals surface area contributed by atoms with E-state index in [2.05, 4.69) is 25.7 Å². The van der Waals surface area contributed by atoms with Crippen molar-refractivity contribution >= 4 is 32.4 Å². The first-order chi connectivity index (χ1) is 13.3. The van der Waals surface area contributed by atoms with E-state index in [1.165, 1.54) is 7.05 Å². The Hall–Kier alpha value is -2.70. The van der Waals surface area contributed by atoms with Crippen molar-refractivity contribution in [2.75, 3.05) is 12.4 Å². The molecule has 0 radical (unpaired) electrons. The molecule has 1 amide bonds. The second-order valence-electron chi connectivity index (χ2n) is 6.16. The average Bonchev–Trinajstić information content (AvgIpc) is 3.32. The molecule has 2 aromatic heterocycles. The number of benzene rings is 1. The van der Waals surface area contributed by atoms with Crippen molar-refractivity contribution in [3.63, 3.8) is 0 Å². The second-order valence-corrected chi connectivity index (χ2v) is 9.35. The Bertz CT molecular complexity index is 1060. The van der Waals surface area contributed by atoms with Gasteiger partial charge in [0.25, 0.3) is 10.0 Å². The van der Waals surface area contributed by atoms with Crippen LogP contribution in [0, 0.1) is 5.92 Å². The van der Waals surface area contributed by atoms with Gasteiger partial charge < -0.3 is 9.84 Å². The van der Waals surface area contributed by atoms with Crippen LogP contribution in [-0.2, 0) is 21.4 Å². The molecule has 0 aliphatic carbocycles. The van der Waals surface area contributed by atoms with Crippen molar-refractivity contribution in [1.29, 1.82) is 0 Å². The zero-order valence-electron chi connectivity index (χ0n) is 15.4. The first-order valence-corrected chi connectivity index (χ1v) is 10.5. The predicted molar refractivity (Wildman–Crippen MR) is 102 cm³/mol. The molecule has 28 heavy (non-hydrogen) atoms. The third-order valence-electron chi connectivity index (χ3n) is 3.65. The van der Waals surface area contributed by atoms with Crippen LogP contribution < -0.4 is 5.32 Å². The minimum Gasteiger partial charge on any atom is -0.338 e. The van der Waals surface area contributed by atoms with Gasteiger partial charge in [-0.25, -0.2) is 8.42 Å². The molecule has 10 nitrogen and oxygen atoms in total. The molecule has 0 saturated carbocycles. The summed E-state index contributed by atoms with van der Waals surface area (Å²) in [5, 5.41) is 13.9. The van der Waals surface area contributed by atoms with E-state index < -0.39 is 10.0 Å². The minimum atomic E-state index is -3.93. The van der Waals surface area contributed by atoms with E-state index in [9.17, 15) is 13.2 Å². The molecule has 0 spiro atoms. The van der Waals surface area contributed by atoms with E-state index in [1.54, 1.807) is 13.8 Å². The Labute approximate surface area is 165 Å². The molecular formula is C16H18N6O4S2. The van der Waals surface area contributed by atoms with E-state index in [1.807, 2.05) is 30.3 Å². The molecule has 0 bridgehead atoms. The number of nitrogens with one attached hydrogen (secondary N) is 1. The number of carbonyl (C=O) groups excluding carboxylic acids is 1. The van der Waals surface area contributed by atoms with Crippen LogP contribution in [0.4, 0.5) is 5.13 Å². The fourth-order valence-corrected chi connectivity index (χ4v) is 4.26. The van der Waals surface area contributed by atoms with Gasteiger partial charge in [-0.15, -0.1) is 10.2 Å². The van der Waals surface area contributed by atoms with Crippen LogP contribution in [0.25, 0.3) is 11.4 Å². The van der Waals surface area contributed by atoms with Crippen molar-refractivity contribution in [1.82, 2.24) is 24.6 Å². The van der Waals surface area contributed by atoms with Crippen LogP contribution in [0.3, 0.4) is 0 Å². The number of anilines is 1. The van der Waals surface area contributed by atoms with Gasteiger partial charge in [-0.3, -0.25) is 4.79 Å². The van der Waals surface area contributed by atoms with Gasteiger partial charge >= 0.3 is 0 Å². The number of nitrogens with zero attached hydrogens (tertiary/aromatic N) is 5. The lowest BCUT2D eigenvalue weighted by Gasteiger charge is -2.11. The highest BCUT2D eigenvalue weighted by atomic mass is 32.2. The predicted octanol–water partition coefficient (Wildman–Crippen LogP) is 2.00. The van der Waals surface area contributed by atoms with Crippen LogP contribution in [0.15, 0.2) is 39.2 Å². The van der Waals surface area contributed by atoms with E-state index in [0.717, 1.165) is 21.2 Å². The van der Waals surface area contributed by atoms with Gasteiger partial charge in [0.05, 0.1) is 6.54 Å². The van der Waals surface area contributed by atoms with E-state index in [-0.39, 0.29) is 33.7 Å². The summed E-state index contributed by atoms with van der Waals surface area (Å²) in [5.74, 6) is -0.0190. The lowest BCUT2D eigenvalue weighted by atomic mass is 10.2. The average molecular weight is 422 g/mol. The highest BCUT2D eigenvalue weighted by Gasteiger charge is 2.28. The number of hydrogen-bond donors (Lipinski definition) is 1. The van der Waals surface area contributed by atoms with Gasteiger partial charge in [0.1, 0.15) is 0 Å². The molecule has 1 N–H and O–H groups in total. The number of rotatable bonds is 7. The smallest absolute Gasteiger partial charge is 0.272 e. The van der Waals surface area contributed by atoms with E-state index in [0.29, 0.717) is 5.82 Å². The maximum atomic E-state index is 12.7. The number of carbonyl (C=O) groups is 1. The Morgan fingerprint density at radius 1 is 1.25 bits per heavy atom. The summed E-state index contributed by atoms with van der Waals surface area (Å²) < 4.78 is 31.3. The molecule has 0 saturated heterocycles. The SMILES string of the molecule is CC(C)C(=O)Nc1nnc(S(=O)(=O)N(C)Cc2nc(-c3ccccc3)no2)s1. The molecule has 0 atom stereocenters. The lowest BCUT2D eigenvalue weighted by Crippen LogP contribution is -2.26. The molecule has 12 heteroatoms. The van der Waals surface area contributed by atoms with Crippen LogP contribution >= 0.6 is 11.3 Å². The van der Waals surface area contributed by atoms with Gasteiger partial charge in [-0.05, 0) is 0 Å². The van der Waals surface area contributed by atoms with Crippen molar-refractivity contribution in [3.8, 4) is 11.4 Å². The number of sulfonamides is 1. The normalized spacial score (nSPS) is 11.9. The number of aromatic nitrogens is 4.